The van der Waals surface area contributed by atoms with Crippen LogP contribution in [-0.4, -0.2) is 7.11 Å². The molecule has 0 aliphatic carbocycles. The predicted octanol–water partition coefficient (Wildman–Crippen LogP) is 4.62. The highest BCUT2D eigenvalue weighted by Crippen LogP contribution is 2.27. The Morgan fingerprint density at radius 2 is 1.67 bits per heavy atom. The molecule has 0 aliphatic heterocycles. The molecular formula is C16H17FO. The van der Waals surface area contributed by atoms with E-state index in [0.29, 0.717) is 11.5 Å². The lowest BCUT2D eigenvalue weighted by atomic mass is 9.98. The highest BCUT2D eigenvalue weighted by atomic mass is 19.1. The summed E-state index contributed by atoms with van der Waals surface area (Å²) in [5, 5.41) is 0. The summed E-state index contributed by atoms with van der Waals surface area (Å²) in [4.78, 5) is 0. The molecule has 18 heavy (non-hydrogen) atoms. The minimum atomic E-state index is -0.175. The summed E-state index contributed by atoms with van der Waals surface area (Å²) >= 11 is 0. The monoisotopic (exact) mass is 244 g/mol. The maximum Gasteiger partial charge on any atom is 0.131 e. The maximum absolute atomic E-state index is 14.0. The molecule has 2 heteroatoms. The second-order valence-corrected chi connectivity index (χ2v) is 4.62. The predicted molar refractivity (Wildman–Crippen MR) is 72.5 cm³/mol. The van der Waals surface area contributed by atoms with E-state index in [2.05, 4.69) is 13.8 Å². The van der Waals surface area contributed by atoms with Gasteiger partial charge in [-0.2, -0.15) is 0 Å². The first-order chi connectivity index (χ1) is 8.61. The number of rotatable bonds is 3. The molecule has 1 nitrogen and oxygen atoms in total. The third-order valence-corrected chi connectivity index (χ3v) is 3.06. The highest BCUT2D eigenvalue weighted by molar-refractivity contribution is 5.65. The summed E-state index contributed by atoms with van der Waals surface area (Å²) in [5.74, 6) is 0.939. The first kappa shape index (κ1) is 12.6. The molecule has 0 saturated heterocycles. The van der Waals surface area contributed by atoms with Gasteiger partial charge in [0.2, 0.25) is 0 Å². The van der Waals surface area contributed by atoms with Crippen molar-refractivity contribution in [1.82, 2.24) is 0 Å². The fraction of sp³-hybridized carbons (Fsp3) is 0.250. The van der Waals surface area contributed by atoms with E-state index >= 15 is 0 Å². The molecular weight excluding hydrogens is 227 g/mol. The van der Waals surface area contributed by atoms with Gasteiger partial charge in [-0.15, -0.1) is 0 Å². The molecule has 0 fully saturated rings. The molecule has 0 spiro atoms. The average Bonchev–Trinajstić information content (AvgIpc) is 2.38. The SMILES string of the molecule is COc1ccc(-c2ccc(C(C)C)cc2F)cc1. The molecule has 0 saturated carbocycles. The number of hydrogen-bond acceptors (Lipinski definition) is 1. The topological polar surface area (TPSA) is 9.23 Å². The second-order valence-electron chi connectivity index (χ2n) is 4.62. The Balaban J connectivity index is 2.38. The van der Waals surface area contributed by atoms with Crippen LogP contribution in [0.3, 0.4) is 0 Å². The van der Waals surface area contributed by atoms with Gasteiger partial charge in [-0.1, -0.05) is 38.1 Å². The third kappa shape index (κ3) is 2.53. The van der Waals surface area contributed by atoms with Crippen LogP contribution in [-0.2, 0) is 0 Å². The van der Waals surface area contributed by atoms with E-state index in [1.807, 2.05) is 36.4 Å². The summed E-state index contributed by atoms with van der Waals surface area (Å²) in [6, 6.07) is 12.8. The average molecular weight is 244 g/mol. The summed E-state index contributed by atoms with van der Waals surface area (Å²) in [6.45, 7) is 4.11. The van der Waals surface area contributed by atoms with Crippen LogP contribution in [0.25, 0.3) is 11.1 Å². The van der Waals surface area contributed by atoms with Crippen LogP contribution in [0.15, 0.2) is 42.5 Å². The Hall–Kier alpha value is -1.83. The van der Waals surface area contributed by atoms with Gasteiger partial charge in [-0.25, -0.2) is 4.39 Å². The van der Waals surface area contributed by atoms with Gasteiger partial charge in [0.05, 0.1) is 7.11 Å². The molecule has 0 amide bonds. The smallest absolute Gasteiger partial charge is 0.131 e. The minimum absolute atomic E-state index is 0.175. The van der Waals surface area contributed by atoms with Crippen LogP contribution in [0, 0.1) is 5.82 Å². The van der Waals surface area contributed by atoms with E-state index in [1.165, 1.54) is 0 Å². The fourth-order valence-electron chi connectivity index (χ4n) is 1.90. The van der Waals surface area contributed by atoms with E-state index < -0.39 is 0 Å². The molecule has 2 aromatic rings. The van der Waals surface area contributed by atoms with Crippen molar-refractivity contribution in [2.45, 2.75) is 19.8 Å². The van der Waals surface area contributed by atoms with Gasteiger partial charge in [0.15, 0.2) is 0 Å². The number of ether oxygens (including phenoxy) is 1. The Kier molecular flexibility index (Phi) is 3.66. The van der Waals surface area contributed by atoms with Gasteiger partial charge in [-0.3, -0.25) is 0 Å². The maximum atomic E-state index is 14.0. The molecule has 0 aromatic heterocycles. The summed E-state index contributed by atoms with van der Waals surface area (Å²) in [6.07, 6.45) is 0. The van der Waals surface area contributed by atoms with Crippen molar-refractivity contribution in [2.24, 2.45) is 0 Å². The third-order valence-electron chi connectivity index (χ3n) is 3.06. The molecule has 0 atom stereocenters. The van der Waals surface area contributed by atoms with Gasteiger partial charge in [0, 0.05) is 5.56 Å². The number of halogens is 1. The standard InChI is InChI=1S/C16H17FO/c1-11(2)13-6-9-15(16(17)10-13)12-4-7-14(18-3)8-5-12/h4-11H,1-3H3. The lowest BCUT2D eigenvalue weighted by molar-refractivity contribution is 0.415. The van der Waals surface area contributed by atoms with Crippen molar-refractivity contribution >= 4 is 0 Å². The van der Waals surface area contributed by atoms with E-state index in [9.17, 15) is 4.39 Å². The normalized spacial score (nSPS) is 10.7. The quantitative estimate of drug-likeness (QED) is 0.765. The zero-order valence-electron chi connectivity index (χ0n) is 10.9. The van der Waals surface area contributed by atoms with Crippen LogP contribution in [0.1, 0.15) is 25.3 Å². The lowest BCUT2D eigenvalue weighted by Gasteiger charge is -2.09. The molecule has 2 aromatic carbocycles. The van der Waals surface area contributed by atoms with E-state index in [-0.39, 0.29) is 5.82 Å². The van der Waals surface area contributed by atoms with Gasteiger partial charge in [0.1, 0.15) is 11.6 Å². The molecule has 0 radical (unpaired) electrons. The van der Waals surface area contributed by atoms with Crippen molar-refractivity contribution in [3.63, 3.8) is 0 Å². The van der Waals surface area contributed by atoms with E-state index in [4.69, 9.17) is 4.74 Å². The van der Waals surface area contributed by atoms with Crippen LogP contribution in [0.2, 0.25) is 0 Å². The van der Waals surface area contributed by atoms with Gasteiger partial charge >= 0.3 is 0 Å². The molecule has 0 heterocycles. The Labute approximate surface area is 107 Å². The number of hydrogen-bond donors (Lipinski definition) is 0. The summed E-state index contributed by atoms with van der Waals surface area (Å²) in [7, 11) is 1.62. The number of methoxy groups -OCH3 is 1. The van der Waals surface area contributed by atoms with Crippen molar-refractivity contribution < 1.29 is 9.13 Å². The Bertz CT molecular complexity index is 529. The minimum Gasteiger partial charge on any atom is -0.497 e. The zero-order valence-corrected chi connectivity index (χ0v) is 10.9. The zero-order chi connectivity index (χ0) is 13.1. The molecule has 0 aliphatic rings. The summed E-state index contributed by atoms with van der Waals surface area (Å²) < 4.78 is 19.1. The second kappa shape index (κ2) is 5.21. The molecule has 0 unspecified atom stereocenters. The van der Waals surface area contributed by atoms with Crippen LogP contribution >= 0.6 is 0 Å². The van der Waals surface area contributed by atoms with Crippen molar-refractivity contribution in [3.05, 3.63) is 53.8 Å². The number of benzene rings is 2. The van der Waals surface area contributed by atoms with Crippen molar-refractivity contribution in [3.8, 4) is 16.9 Å². The molecule has 0 bridgehead atoms. The lowest BCUT2D eigenvalue weighted by Crippen LogP contribution is -1.91. The molecule has 0 N–H and O–H groups in total. The van der Waals surface area contributed by atoms with E-state index in [1.54, 1.807) is 13.2 Å². The fourth-order valence-corrected chi connectivity index (χ4v) is 1.90. The van der Waals surface area contributed by atoms with Crippen LogP contribution in [0.4, 0.5) is 4.39 Å². The van der Waals surface area contributed by atoms with Crippen molar-refractivity contribution in [2.75, 3.05) is 7.11 Å². The Morgan fingerprint density at radius 1 is 1.00 bits per heavy atom. The van der Waals surface area contributed by atoms with Crippen molar-refractivity contribution in [1.29, 1.82) is 0 Å². The van der Waals surface area contributed by atoms with Gasteiger partial charge in [0.25, 0.3) is 0 Å². The highest BCUT2D eigenvalue weighted by Gasteiger charge is 2.08. The Morgan fingerprint density at radius 3 is 2.17 bits per heavy atom. The first-order valence-corrected chi connectivity index (χ1v) is 6.05. The van der Waals surface area contributed by atoms with Crippen LogP contribution in [0.5, 0.6) is 5.75 Å². The molecule has 2 rings (SSSR count). The molecule has 94 valence electrons. The first-order valence-electron chi connectivity index (χ1n) is 6.05. The van der Waals surface area contributed by atoms with Gasteiger partial charge < -0.3 is 4.74 Å². The van der Waals surface area contributed by atoms with E-state index in [0.717, 1.165) is 16.9 Å². The summed E-state index contributed by atoms with van der Waals surface area (Å²) in [5.41, 5.74) is 2.51. The van der Waals surface area contributed by atoms with Gasteiger partial charge in [-0.05, 0) is 35.2 Å². The largest absolute Gasteiger partial charge is 0.497 e. The van der Waals surface area contributed by atoms with Crippen LogP contribution < -0.4 is 4.74 Å².